The molecule has 18 heavy (non-hydrogen) atoms. The first kappa shape index (κ1) is 12.1. The molecule has 1 N–H and O–H groups in total. The van der Waals surface area contributed by atoms with Crippen molar-refractivity contribution in [1.82, 2.24) is 9.55 Å². The second-order valence-corrected chi connectivity index (χ2v) is 6.61. The zero-order chi connectivity index (χ0) is 12.5. The van der Waals surface area contributed by atoms with E-state index in [-0.39, 0.29) is 0 Å². The summed E-state index contributed by atoms with van der Waals surface area (Å²) in [4.78, 5) is 4.44. The summed E-state index contributed by atoms with van der Waals surface area (Å²) in [6.45, 7) is 6.64. The number of nitrogens with one attached hydrogen (secondary N) is 1. The van der Waals surface area contributed by atoms with Gasteiger partial charge in [0, 0.05) is 25.5 Å². The maximum atomic E-state index is 4.44. The molecule has 0 saturated heterocycles. The highest BCUT2D eigenvalue weighted by atomic mass is 15.2. The molecule has 0 amide bonds. The smallest absolute Gasteiger partial charge is 0.202 e. The number of hydrogen-bond acceptors (Lipinski definition) is 2. The minimum Gasteiger partial charge on any atom is -0.355 e. The average molecular weight is 247 g/mol. The molecule has 1 heterocycles. The number of aromatic nitrogens is 2. The van der Waals surface area contributed by atoms with Gasteiger partial charge in [-0.1, -0.05) is 20.3 Å². The lowest BCUT2D eigenvalue weighted by molar-refractivity contribution is 0.297. The van der Waals surface area contributed by atoms with Gasteiger partial charge in [0.1, 0.15) is 0 Å². The normalized spacial score (nSPS) is 30.3. The van der Waals surface area contributed by atoms with E-state index < -0.39 is 0 Å². The number of nitrogens with zero attached hydrogens (tertiary/aromatic N) is 2. The van der Waals surface area contributed by atoms with Gasteiger partial charge in [-0.2, -0.15) is 0 Å². The molecule has 2 saturated carbocycles. The van der Waals surface area contributed by atoms with Crippen LogP contribution in [0.5, 0.6) is 0 Å². The van der Waals surface area contributed by atoms with Crippen LogP contribution in [0.3, 0.4) is 0 Å². The highest BCUT2D eigenvalue weighted by Gasteiger charge is 2.39. The van der Waals surface area contributed by atoms with Gasteiger partial charge in [0.05, 0.1) is 0 Å². The number of fused-ring (bicyclic) bond motifs is 2. The van der Waals surface area contributed by atoms with Crippen LogP contribution >= 0.6 is 0 Å². The summed E-state index contributed by atoms with van der Waals surface area (Å²) < 4.78 is 2.33. The van der Waals surface area contributed by atoms with Gasteiger partial charge in [0.15, 0.2) is 0 Å². The van der Waals surface area contributed by atoms with Crippen LogP contribution in [0.4, 0.5) is 5.95 Å². The Hall–Kier alpha value is -0.990. The van der Waals surface area contributed by atoms with Crippen molar-refractivity contribution >= 4 is 5.95 Å². The van der Waals surface area contributed by atoms with Crippen LogP contribution in [-0.2, 0) is 6.54 Å². The third kappa shape index (κ3) is 2.40. The Morgan fingerprint density at radius 2 is 2.28 bits per heavy atom. The molecule has 3 atom stereocenters. The average Bonchev–Trinajstić information content (AvgIpc) is 3.02. The van der Waals surface area contributed by atoms with E-state index in [1.807, 2.05) is 6.20 Å². The summed E-state index contributed by atoms with van der Waals surface area (Å²) in [5.74, 6) is 4.66. The van der Waals surface area contributed by atoms with Crippen molar-refractivity contribution in [1.29, 1.82) is 0 Å². The highest BCUT2D eigenvalue weighted by molar-refractivity contribution is 5.25. The summed E-state index contributed by atoms with van der Waals surface area (Å²) in [6.07, 6.45) is 9.97. The predicted octanol–water partition coefficient (Wildman–Crippen LogP) is 3.39. The van der Waals surface area contributed by atoms with Crippen molar-refractivity contribution in [2.45, 2.75) is 46.1 Å². The van der Waals surface area contributed by atoms with Gasteiger partial charge in [-0.05, 0) is 42.9 Å². The lowest BCUT2D eigenvalue weighted by Crippen LogP contribution is -2.19. The topological polar surface area (TPSA) is 29.9 Å². The standard InChI is InChI=1S/C15H25N3/c1-11(2)9-17-15-16-5-6-18(15)10-14-8-12-3-4-13(14)7-12/h5-6,11-14H,3-4,7-10H2,1-2H3,(H,16,17). The van der Waals surface area contributed by atoms with Crippen LogP contribution in [0.25, 0.3) is 0 Å². The molecular weight excluding hydrogens is 222 g/mol. The van der Waals surface area contributed by atoms with Crippen molar-refractivity contribution < 1.29 is 0 Å². The fraction of sp³-hybridized carbons (Fsp3) is 0.800. The van der Waals surface area contributed by atoms with Crippen LogP contribution < -0.4 is 5.32 Å². The zero-order valence-corrected chi connectivity index (χ0v) is 11.6. The molecule has 3 rings (SSSR count). The molecule has 2 aliphatic carbocycles. The fourth-order valence-corrected chi connectivity index (χ4v) is 3.77. The van der Waals surface area contributed by atoms with Crippen molar-refractivity contribution in [2.75, 3.05) is 11.9 Å². The number of hydrogen-bond donors (Lipinski definition) is 1. The summed E-state index contributed by atoms with van der Waals surface area (Å²) in [7, 11) is 0. The second-order valence-electron chi connectivity index (χ2n) is 6.61. The largest absolute Gasteiger partial charge is 0.355 e. The van der Waals surface area contributed by atoms with Crippen LogP contribution in [0, 0.1) is 23.7 Å². The fourth-order valence-electron chi connectivity index (χ4n) is 3.77. The predicted molar refractivity (Wildman–Crippen MR) is 74.5 cm³/mol. The number of imidazole rings is 1. The van der Waals surface area contributed by atoms with Crippen molar-refractivity contribution in [3.05, 3.63) is 12.4 Å². The van der Waals surface area contributed by atoms with Gasteiger partial charge in [0.25, 0.3) is 0 Å². The molecule has 0 aromatic carbocycles. The van der Waals surface area contributed by atoms with E-state index in [1.165, 1.54) is 32.2 Å². The van der Waals surface area contributed by atoms with E-state index in [4.69, 9.17) is 0 Å². The van der Waals surface area contributed by atoms with Gasteiger partial charge in [-0.15, -0.1) is 0 Å². The van der Waals surface area contributed by atoms with E-state index in [9.17, 15) is 0 Å². The Kier molecular flexibility index (Phi) is 3.31. The molecule has 3 heteroatoms. The molecule has 1 aromatic heterocycles. The Morgan fingerprint density at radius 1 is 1.39 bits per heavy atom. The molecule has 2 bridgehead atoms. The van der Waals surface area contributed by atoms with E-state index in [0.29, 0.717) is 5.92 Å². The maximum absolute atomic E-state index is 4.44. The summed E-state index contributed by atoms with van der Waals surface area (Å²) >= 11 is 0. The summed E-state index contributed by atoms with van der Waals surface area (Å²) in [6, 6.07) is 0. The molecule has 0 aliphatic heterocycles. The van der Waals surface area contributed by atoms with Gasteiger partial charge in [-0.25, -0.2) is 4.98 Å². The lowest BCUT2D eigenvalue weighted by atomic mass is 9.89. The van der Waals surface area contributed by atoms with Crippen LogP contribution in [-0.4, -0.2) is 16.1 Å². The molecule has 3 unspecified atom stereocenters. The van der Waals surface area contributed by atoms with E-state index in [1.54, 1.807) is 0 Å². The van der Waals surface area contributed by atoms with Crippen LogP contribution in [0.2, 0.25) is 0 Å². The monoisotopic (exact) mass is 247 g/mol. The maximum Gasteiger partial charge on any atom is 0.202 e. The Balaban J connectivity index is 1.61. The minimum atomic E-state index is 0.664. The van der Waals surface area contributed by atoms with Crippen LogP contribution in [0.15, 0.2) is 12.4 Å². The molecule has 2 fully saturated rings. The molecule has 3 nitrogen and oxygen atoms in total. The van der Waals surface area contributed by atoms with Crippen molar-refractivity contribution in [2.24, 2.45) is 23.7 Å². The molecular formula is C15H25N3. The molecule has 100 valence electrons. The van der Waals surface area contributed by atoms with Gasteiger partial charge >= 0.3 is 0 Å². The van der Waals surface area contributed by atoms with E-state index >= 15 is 0 Å². The molecule has 0 radical (unpaired) electrons. The quantitative estimate of drug-likeness (QED) is 0.864. The summed E-state index contributed by atoms with van der Waals surface area (Å²) in [5.41, 5.74) is 0. The zero-order valence-electron chi connectivity index (χ0n) is 11.6. The highest BCUT2D eigenvalue weighted by Crippen LogP contribution is 2.48. The lowest BCUT2D eigenvalue weighted by Gasteiger charge is -2.23. The first-order valence-corrected chi connectivity index (χ1v) is 7.47. The van der Waals surface area contributed by atoms with Crippen molar-refractivity contribution in [3.63, 3.8) is 0 Å². The van der Waals surface area contributed by atoms with Gasteiger partial charge in [0.2, 0.25) is 5.95 Å². The van der Waals surface area contributed by atoms with Gasteiger partial charge < -0.3 is 9.88 Å². The first-order valence-electron chi connectivity index (χ1n) is 7.47. The Bertz CT molecular complexity index is 396. The molecule has 2 aliphatic rings. The third-order valence-electron chi connectivity index (χ3n) is 4.70. The Morgan fingerprint density at radius 3 is 2.94 bits per heavy atom. The van der Waals surface area contributed by atoms with E-state index in [2.05, 4.69) is 34.9 Å². The second kappa shape index (κ2) is 4.94. The van der Waals surface area contributed by atoms with Gasteiger partial charge in [-0.3, -0.25) is 0 Å². The minimum absolute atomic E-state index is 0.664. The molecule has 1 aromatic rings. The molecule has 0 spiro atoms. The van der Waals surface area contributed by atoms with Crippen molar-refractivity contribution in [3.8, 4) is 0 Å². The third-order valence-corrected chi connectivity index (χ3v) is 4.70. The first-order chi connectivity index (χ1) is 8.72. The summed E-state index contributed by atoms with van der Waals surface area (Å²) in [5, 5.41) is 3.46. The number of rotatable bonds is 5. The van der Waals surface area contributed by atoms with Crippen LogP contribution in [0.1, 0.15) is 39.5 Å². The van der Waals surface area contributed by atoms with E-state index in [0.717, 1.165) is 30.2 Å². The SMILES string of the molecule is CC(C)CNc1nccn1CC1CC2CCC1C2. The Labute approximate surface area is 110 Å². The number of anilines is 1.